The molecule has 2 heterocycles. The van der Waals surface area contributed by atoms with Crippen LogP contribution in [0, 0.1) is 13.8 Å². The van der Waals surface area contributed by atoms with E-state index in [9.17, 15) is 0 Å². The summed E-state index contributed by atoms with van der Waals surface area (Å²) in [5, 5.41) is 2.61. The van der Waals surface area contributed by atoms with Gasteiger partial charge in [0.15, 0.2) is 0 Å². The van der Waals surface area contributed by atoms with E-state index in [1.807, 2.05) is 0 Å². The van der Waals surface area contributed by atoms with Gasteiger partial charge in [0.1, 0.15) is 0 Å². The number of hydrogen-bond donors (Lipinski definition) is 3. The second-order valence-corrected chi connectivity index (χ2v) is 6.62. The second kappa shape index (κ2) is 5.84. The van der Waals surface area contributed by atoms with Crippen LogP contribution in [0.5, 0.6) is 0 Å². The fourth-order valence-electron chi connectivity index (χ4n) is 3.97. The van der Waals surface area contributed by atoms with Crippen LogP contribution in [0.2, 0.25) is 0 Å². The molecule has 0 spiro atoms. The minimum atomic E-state index is 0.305. The van der Waals surface area contributed by atoms with Gasteiger partial charge in [-0.3, -0.25) is 0 Å². The molecule has 0 amide bonds. The van der Waals surface area contributed by atoms with Crippen molar-refractivity contribution in [1.82, 2.24) is 9.97 Å². The number of nitrogens with two attached hydrogens (primary N) is 1. The fraction of sp³-hybridized carbons (Fsp3) is 0.238. The van der Waals surface area contributed by atoms with Crippen LogP contribution in [0.4, 0.5) is 0 Å². The van der Waals surface area contributed by atoms with E-state index < -0.39 is 0 Å². The Kier molecular flexibility index (Phi) is 3.66. The van der Waals surface area contributed by atoms with Crippen molar-refractivity contribution in [1.29, 1.82) is 0 Å². The summed E-state index contributed by atoms with van der Waals surface area (Å²) in [5.41, 5.74) is 13.8. The summed E-state index contributed by atoms with van der Waals surface area (Å²) in [4.78, 5) is 7.01. The molecule has 0 fully saturated rings. The van der Waals surface area contributed by atoms with Gasteiger partial charge in [0.2, 0.25) is 0 Å². The molecule has 0 aliphatic heterocycles. The van der Waals surface area contributed by atoms with Crippen molar-refractivity contribution in [2.75, 3.05) is 6.54 Å². The Labute approximate surface area is 141 Å². The Morgan fingerprint density at radius 2 is 1.42 bits per heavy atom. The van der Waals surface area contributed by atoms with Crippen molar-refractivity contribution in [3.8, 4) is 0 Å². The van der Waals surface area contributed by atoms with E-state index in [1.165, 1.54) is 44.3 Å². The molecule has 2 aromatic carbocycles. The van der Waals surface area contributed by atoms with E-state index >= 15 is 0 Å². The SMILES string of the molecule is Cc1[nH]c2ccccc2c1CC(CN)c1c(C)[nH]c2ccccc12. The van der Waals surface area contributed by atoms with Gasteiger partial charge in [-0.15, -0.1) is 0 Å². The van der Waals surface area contributed by atoms with Gasteiger partial charge in [-0.2, -0.15) is 0 Å². The van der Waals surface area contributed by atoms with E-state index in [2.05, 4.69) is 72.3 Å². The molecular weight excluding hydrogens is 294 g/mol. The van der Waals surface area contributed by atoms with Crippen LogP contribution >= 0.6 is 0 Å². The Morgan fingerprint density at radius 3 is 2.12 bits per heavy atom. The van der Waals surface area contributed by atoms with Gasteiger partial charge in [0, 0.05) is 39.1 Å². The fourth-order valence-corrected chi connectivity index (χ4v) is 3.97. The van der Waals surface area contributed by atoms with Crippen molar-refractivity contribution in [2.24, 2.45) is 5.73 Å². The molecule has 0 aliphatic carbocycles. The van der Waals surface area contributed by atoms with Crippen LogP contribution in [0.25, 0.3) is 21.8 Å². The Hall–Kier alpha value is -2.52. The maximum Gasteiger partial charge on any atom is 0.0458 e. The molecule has 0 radical (unpaired) electrons. The predicted molar refractivity (Wildman–Crippen MR) is 102 cm³/mol. The molecule has 3 nitrogen and oxygen atoms in total. The standard InChI is InChI=1S/C21H23N3/c1-13-18(16-7-3-5-9-19(16)23-13)11-15(12-22)21-14(2)24-20-10-6-4-8-17(20)21/h3-10,15,23-24H,11-12,22H2,1-2H3. The first kappa shape index (κ1) is 15.0. The largest absolute Gasteiger partial charge is 0.358 e. The van der Waals surface area contributed by atoms with Gasteiger partial charge in [0.05, 0.1) is 0 Å². The maximum atomic E-state index is 6.21. The number of rotatable bonds is 4. The molecule has 0 saturated heterocycles. The van der Waals surface area contributed by atoms with Crippen molar-refractivity contribution >= 4 is 21.8 Å². The highest BCUT2D eigenvalue weighted by molar-refractivity contribution is 5.86. The number of H-pyrrole nitrogens is 2. The average Bonchev–Trinajstić information content (AvgIpc) is 3.09. The third-order valence-electron chi connectivity index (χ3n) is 5.11. The number of aryl methyl sites for hydroxylation is 2. The van der Waals surface area contributed by atoms with Gasteiger partial charge in [-0.05, 0) is 50.1 Å². The second-order valence-electron chi connectivity index (χ2n) is 6.62. The number of benzene rings is 2. The van der Waals surface area contributed by atoms with Crippen molar-refractivity contribution in [3.63, 3.8) is 0 Å². The van der Waals surface area contributed by atoms with Gasteiger partial charge >= 0.3 is 0 Å². The molecule has 24 heavy (non-hydrogen) atoms. The monoisotopic (exact) mass is 317 g/mol. The minimum absolute atomic E-state index is 0.305. The number of hydrogen-bond acceptors (Lipinski definition) is 1. The van der Waals surface area contributed by atoms with Crippen molar-refractivity contribution in [3.05, 3.63) is 71.0 Å². The van der Waals surface area contributed by atoms with Gasteiger partial charge in [0.25, 0.3) is 0 Å². The molecule has 4 rings (SSSR count). The number of para-hydroxylation sites is 2. The summed E-state index contributed by atoms with van der Waals surface area (Å²) < 4.78 is 0. The normalized spacial score (nSPS) is 13.0. The highest BCUT2D eigenvalue weighted by atomic mass is 14.7. The first-order valence-corrected chi connectivity index (χ1v) is 8.52. The van der Waals surface area contributed by atoms with Crippen LogP contribution < -0.4 is 5.73 Å². The van der Waals surface area contributed by atoms with Gasteiger partial charge in [-0.25, -0.2) is 0 Å². The van der Waals surface area contributed by atoms with E-state index in [0.29, 0.717) is 12.5 Å². The molecule has 0 bridgehead atoms. The molecule has 1 unspecified atom stereocenters. The van der Waals surface area contributed by atoms with Crippen molar-refractivity contribution in [2.45, 2.75) is 26.2 Å². The molecule has 0 saturated carbocycles. The smallest absolute Gasteiger partial charge is 0.0458 e. The minimum Gasteiger partial charge on any atom is -0.358 e. The van der Waals surface area contributed by atoms with Crippen LogP contribution in [-0.2, 0) is 6.42 Å². The summed E-state index contributed by atoms with van der Waals surface area (Å²) in [5.74, 6) is 0.305. The summed E-state index contributed by atoms with van der Waals surface area (Å²) >= 11 is 0. The molecule has 0 aliphatic rings. The lowest BCUT2D eigenvalue weighted by Gasteiger charge is -2.16. The van der Waals surface area contributed by atoms with Gasteiger partial charge < -0.3 is 15.7 Å². The molecule has 4 N–H and O–H groups in total. The Bertz CT molecular complexity index is 1010. The first-order chi connectivity index (χ1) is 11.7. The molecule has 1 atom stereocenters. The van der Waals surface area contributed by atoms with E-state index in [1.54, 1.807) is 0 Å². The zero-order valence-electron chi connectivity index (χ0n) is 14.2. The summed E-state index contributed by atoms with van der Waals surface area (Å²) in [6, 6.07) is 17.0. The molecular formula is C21H23N3. The molecule has 3 heteroatoms. The zero-order chi connectivity index (χ0) is 16.7. The lowest BCUT2D eigenvalue weighted by atomic mass is 9.89. The summed E-state index contributed by atoms with van der Waals surface area (Å²) in [7, 11) is 0. The number of aromatic nitrogens is 2. The zero-order valence-corrected chi connectivity index (χ0v) is 14.2. The first-order valence-electron chi connectivity index (χ1n) is 8.52. The quantitative estimate of drug-likeness (QED) is 0.508. The van der Waals surface area contributed by atoms with Crippen LogP contribution in [0.15, 0.2) is 48.5 Å². The molecule has 4 aromatic rings. The lowest BCUT2D eigenvalue weighted by molar-refractivity contribution is 0.694. The van der Waals surface area contributed by atoms with Crippen LogP contribution in [-0.4, -0.2) is 16.5 Å². The number of fused-ring (bicyclic) bond motifs is 2. The molecule has 2 aromatic heterocycles. The van der Waals surface area contributed by atoms with E-state index in [0.717, 1.165) is 6.42 Å². The lowest BCUT2D eigenvalue weighted by Crippen LogP contribution is -2.16. The average molecular weight is 317 g/mol. The van der Waals surface area contributed by atoms with Gasteiger partial charge in [-0.1, -0.05) is 36.4 Å². The highest BCUT2D eigenvalue weighted by Gasteiger charge is 2.20. The van der Waals surface area contributed by atoms with Crippen LogP contribution in [0.1, 0.15) is 28.4 Å². The summed E-state index contributed by atoms with van der Waals surface area (Å²) in [6.45, 7) is 4.95. The highest BCUT2D eigenvalue weighted by Crippen LogP contribution is 2.33. The number of aromatic amines is 2. The number of nitrogens with one attached hydrogen (secondary N) is 2. The third-order valence-corrected chi connectivity index (χ3v) is 5.11. The maximum absolute atomic E-state index is 6.21. The summed E-state index contributed by atoms with van der Waals surface area (Å²) in [6.07, 6.45) is 0.953. The third kappa shape index (κ3) is 2.33. The Balaban J connectivity index is 1.81. The molecule has 122 valence electrons. The topological polar surface area (TPSA) is 57.6 Å². The van der Waals surface area contributed by atoms with Crippen molar-refractivity contribution < 1.29 is 0 Å². The van der Waals surface area contributed by atoms with E-state index in [-0.39, 0.29) is 0 Å². The Morgan fingerprint density at radius 1 is 0.833 bits per heavy atom. The predicted octanol–water partition coefficient (Wildman–Crippen LogP) is 4.55. The van der Waals surface area contributed by atoms with Crippen LogP contribution in [0.3, 0.4) is 0 Å². The van der Waals surface area contributed by atoms with E-state index in [4.69, 9.17) is 5.73 Å².